The number of rotatable bonds is 14. The molecule has 6 aromatic heterocycles. The molecule has 0 fully saturated rings. The minimum atomic E-state index is 0.623. The molecule has 668 valence electrons. The molecule has 0 amide bonds. The lowest BCUT2D eigenvalue weighted by atomic mass is 9.92. The molecule has 0 bridgehead atoms. The lowest BCUT2D eigenvalue weighted by Crippen LogP contribution is -2.01. The summed E-state index contributed by atoms with van der Waals surface area (Å²) in [7, 11) is 0. The van der Waals surface area contributed by atoms with Crippen molar-refractivity contribution in [3.63, 3.8) is 0 Å². The van der Waals surface area contributed by atoms with Crippen LogP contribution in [0.1, 0.15) is 0 Å². The quantitative estimate of drug-likeness (QED) is 0.102. The Balaban J connectivity index is 0.000000110. The normalized spacial score (nSPS) is 11.5. The van der Waals surface area contributed by atoms with Gasteiger partial charge in [0.15, 0.2) is 52.4 Å². The van der Waals surface area contributed by atoms with Crippen molar-refractivity contribution in [2.24, 2.45) is 0 Å². The molecule has 0 radical (unpaired) electrons. The maximum absolute atomic E-state index is 6.30. The predicted molar refractivity (Wildman–Crippen MR) is 585 cm³/mol. The summed E-state index contributed by atoms with van der Waals surface area (Å²) in [6, 6.07) is 169. The number of benzene rings is 22. The van der Waals surface area contributed by atoms with E-state index in [1.54, 1.807) is 0 Å². The second-order valence-electron chi connectivity index (χ2n) is 35.6. The molecular formula is C131H81N9O3. The van der Waals surface area contributed by atoms with Gasteiger partial charge in [0.05, 0.1) is 0 Å². The first-order chi connectivity index (χ1) is 70.9. The Morgan fingerprint density at radius 1 is 0.112 bits per heavy atom. The van der Waals surface area contributed by atoms with E-state index >= 15 is 0 Å². The van der Waals surface area contributed by atoms with E-state index < -0.39 is 0 Å². The molecule has 0 saturated carbocycles. The zero-order valence-electron chi connectivity index (χ0n) is 77.0. The fourth-order valence-corrected chi connectivity index (χ4v) is 20.2. The van der Waals surface area contributed by atoms with Crippen LogP contribution in [0.4, 0.5) is 0 Å². The van der Waals surface area contributed by atoms with Crippen molar-refractivity contribution in [2.45, 2.75) is 0 Å². The van der Waals surface area contributed by atoms with Crippen molar-refractivity contribution in [1.29, 1.82) is 0 Å². The second kappa shape index (κ2) is 36.2. The summed E-state index contributed by atoms with van der Waals surface area (Å²) in [5.41, 5.74) is 25.0. The molecule has 22 aromatic carbocycles. The average molecular weight is 1830 g/mol. The largest absolute Gasteiger partial charge is 0.456 e. The van der Waals surface area contributed by atoms with E-state index in [0.29, 0.717) is 52.4 Å². The zero-order chi connectivity index (χ0) is 94.6. The van der Waals surface area contributed by atoms with E-state index in [-0.39, 0.29) is 0 Å². The standard InChI is InChI=1S/C45H27N3O.2C43H27N3O/c1-3-12-30-24-33(22-20-28(30)10-1)43-46-44(34-23-21-29-11-2-4-13-31(29)25-34)48-45(47-43)35-26-32-14-5-6-15-36(32)39(27-35)37-17-9-19-41-42(37)38-16-7-8-18-40(38)49-41;1-3-14-28(15-4-1)30-18-7-10-21-35(30)42-44-41(29-16-5-2-6-17-29)45-43(46-42)36-27-26-33(31-19-8-9-20-32(31)36)34-23-13-25-39-40(34)37-22-11-12-24-38(37)47-39;1-3-13-28(14-4-1)30-17-11-18-31(27-30)42-44-41(29-15-5-2-6-16-29)45-43(46-42)36-26-25-34(32-19-7-8-20-33(32)36)35-22-12-24-39-40(35)37-21-9-10-23-38(37)47-39/h1-27H;2*1-27H. The maximum atomic E-state index is 6.30. The van der Waals surface area contributed by atoms with Gasteiger partial charge < -0.3 is 13.3 Å². The molecule has 12 nitrogen and oxygen atoms in total. The van der Waals surface area contributed by atoms with Crippen LogP contribution in [0.15, 0.2) is 505 Å². The number of hydrogen-bond acceptors (Lipinski definition) is 12. The number of aromatic nitrogens is 9. The monoisotopic (exact) mass is 1830 g/mol. The number of para-hydroxylation sites is 3. The first-order valence-corrected chi connectivity index (χ1v) is 47.8. The van der Waals surface area contributed by atoms with Crippen LogP contribution in [-0.4, -0.2) is 44.9 Å². The van der Waals surface area contributed by atoms with Gasteiger partial charge in [-0.3, -0.25) is 0 Å². The summed E-state index contributed by atoms with van der Waals surface area (Å²) < 4.78 is 18.8. The van der Waals surface area contributed by atoms with Gasteiger partial charge in [-0.15, -0.1) is 0 Å². The van der Waals surface area contributed by atoms with E-state index in [1.165, 1.54) is 10.8 Å². The van der Waals surface area contributed by atoms with Gasteiger partial charge in [-0.2, -0.15) is 0 Å². The second-order valence-corrected chi connectivity index (χ2v) is 35.6. The highest BCUT2D eigenvalue weighted by atomic mass is 16.3. The van der Waals surface area contributed by atoms with Crippen molar-refractivity contribution in [1.82, 2.24) is 44.9 Å². The van der Waals surface area contributed by atoms with Crippen LogP contribution in [0.5, 0.6) is 0 Å². The zero-order valence-corrected chi connectivity index (χ0v) is 77.0. The lowest BCUT2D eigenvalue weighted by molar-refractivity contribution is 0.668. The molecule has 12 heteroatoms. The van der Waals surface area contributed by atoms with Gasteiger partial charge in [0.1, 0.15) is 33.5 Å². The van der Waals surface area contributed by atoms with Crippen LogP contribution in [0.2, 0.25) is 0 Å². The Labute approximate surface area is 821 Å². The van der Waals surface area contributed by atoms with Gasteiger partial charge >= 0.3 is 0 Å². The van der Waals surface area contributed by atoms with Crippen molar-refractivity contribution >= 4 is 120 Å². The van der Waals surface area contributed by atoms with Crippen LogP contribution in [0.3, 0.4) is 0 Å². The SMILES string of the molecule is c1ccc(-c2cccc(-c3nc(-c4ccccc4)nc(-c4ccc(-c5cccc6oc7ccccc7c56)c5ccccc45)n3)c2)cc1.c1ccc(-c2nc(-c3ccccc3-c3ccccc3)nc(-c3ccc(-c4cccc5oc6ccccc6c45)c4ccccc34)n2)cc1.c1ccc2cc(-c3nc(-c4ccc5ccccc5c4)nc(-c4cc(-c5cccc6oc7ccccc7c56)c5ccccc5c4)n3)ccc2c1. The summed E-state index contributed by atoms with van der Waals surface area (Å²) >= 11 is 0. The molecule has 0 atom stereocenters. The van der Waals surface area contributed by atoms with E-state index in [9.17, 15) is 0 Å². The third kappa shape index (κ3) is 15.8. The summed E-state index contributed by atoms with van der Waals surface area (Å²) in [4.78, 5) is 46.0. The third-order valence-electron chi connectivity index (χ3n) is 27.0. The van der Waals surface area contributed by atoms with Gasteiger partial charge in [0.25, 0.3) is 0 Å². The molecule has 0 saturated heterocycles. The highest BCUT2D eigenvalue weighted by molar-refractivity contribution is 6.20. The molecule has 28 rings (SSSR count). The summed E-state index contributed by atoms with van der Waals surface area (Å²) in [5, 5.41) is 17.9. The third-order valence-corrected chi connectivity index (χ3v) is 27.0. The molecule has 0 aliphatic carbocycles. The molecule has 0 spiro atoms. The van der Waals surface area contributed by atoms with E-state index in [2.05, 4.69) is 358 Å². The van der Waals surface area contributed by atoms with Gasteiger partial charge in [-0.25, -0.2) is 44.9 Å². The maximum Gasteiger partial charge on any atom is 0.164 e. The molecule has 0 aliphatic rings. The summed E-state index contributed by atoms with van der Waals surface area (Å²) in [6.07, 6.45) is 0. The Hall–Kier alpha value is -19.4. The minimum absolute atomic E-state index is 0.623. The van der Waals surface area contributed by atoms with Crippen molar-refractivity contribution in [3.05, 3.63) is 491 Å². The minimum Gasteiger partial charge on any atom is -0.456 e. The molecule has 143 heavy (non-hydrogen) atoms. The van der Waals surface area contributed by atoms with Gasteiger partial charge in [0, 0.05) is 82.4 Å². The van der Waals surface area contributed by atoms with Gasteiger partial charge in [-0.1, -0.05) is 413 Å². The summed E-state index contributed by atoms with van der Waals surface area (Å²) in [5.74, 6) is 5.70. The van der Waals surface area contributed by atoms with Crippen molar-refractivity contribution in [2.75, 3.05) is 0 Å². The van der Waals surface area contributed by atoms with Crippen LogP contribution >= 0.6 is 0 Å². The lowest BCUT2D eigenvalue weighted by Gasteiger charge is -2.14. The molecule has 0 N–H and O–H groups in total. The number of furan rings is 3. The molecule has 0 aliphatic heterocycles. The Bertz CT molecular complexity index is 9730. The highest BCUT2D eigenvalue weighted by Crippen LogP contribution is 2.48. The number of fused-ring (bicyclic) bond motifs is 14. The van der Waals surface area contributed by atoms with E-state index in [0.717, 1.165) is 215 Å². The molecule has 0 unspecified atom stereocenters. The van der Waals surface area contributed by atoms with E-state index in [4.69, 9.17) is 58.1 Å². The Morgan fingerprint density at radius 2 is 0.385 bits per heavy atom. The van der Waals surface area contributed by atoms with Crippen molar-refractivity contribution in [3.8, 4) is 158 Å². The Morgan fingerprint density at radius 3 is 0.839 bits per heavy atom. The van der Waals surface area contributed by atoms with Crippen LogP contribution in [0.25, 0.3) is 278 Å². The van der Waals surface area contributed by atoms with E-state index in [1.807, 2.05) is 133 Å². The van der Waals surface area contributed by atoms with Gasteiger partial charge in [0.2, 0.25) is 0 Å². The Kier molecular flexibility index (Phi) is 21.3. The fraction of sp³-hybridized carbons (Fsp3) is 0. The number of hydrogen-bond donors (Lipinski definition) is 0. The first kappa shape index (κ1) is 84.1. The van der Waals surface area contributed by atoms with Crippen molar-refractivity contribution < 1.29 is 13.3 Å². The molecule has 6 heterocycles. The van der Waals surface area contributed by atoms with Gasteiger partial charge in [-0.05, 0) is 188 Å². The summed E-state index contributed by atoms with van der Waals surface area (Å²) in [6.45, 7) is 0. The average Bonchev–Trinajstić information content (AvgIpc) is 1.68. The van der Waals surface area contributed by atoms with Crippen LogP contribution in [0, 0.1) is 0 Å². The van der Waals surface area contributed by atoms with Crippen LogP contribution < -0.4 is 0 Å². The van der Waals surface area contributed by atoms with Crippen LogP contribution in [-0.2, 0) is 0 Å². The number of nitrogens with zero attached hydrogens (tertiary/aromatic N) is 9. The first-order valence-electron chi connectivity index (χ1n) is 47.8. The molecule has 28 aromatic rings. The topological polar surface area (TPSA) is 155 Å². The highest BCUT2D eigenvalue weighted by Gasteiger charge is 2.26. The molecular weight excluding hydrogens is 1750 g/mol. The smallest absolute Gasteiger partial charge is 0.164 e. The fourth-order valence-electron chi connectivity index (χ4n) is 20.2. The predicted octanol–water partition coefficient (Wildman–Crippen LogP) is 34.4.